The monoisotopic (exact) mass is 366 g/mol. The highest BCUT2D eigenvalue weighted by Crippen LogP contribution is 2.25. The number of hydrogen-bond donors (Lipinski definition) is 0. The summed E-state index contributed by atoms with van der Waals surface area (Å²) in [6.07, 6.45) is 1.39. The Balaban J connectivity index is 1.62. The fourth-order valence-electron chi connectivity index (χ4n) is 3.50. The van der Waals surface area contributed by atoms with E-state index in [-0.39, 0.29) is 0 Å². The number of aromatic nitrogens is 2. The maximum absolute atomic E-state index is 10.6. The van der Waals surface area contributed by atoms with E-state index in [1.54, 1.807) is 0 Å². The van der Waals surface area contributed by atoms with Gasteiger partial charge in [0.2, 0.25) is 0 Å². The third-order valence-corrected chi connectivity index (χ3v) is 5.02. The van der Waals surface area contributed by atoms with Crippen LogP contribution in [-0.2, 0) is 11.2 Å². The maximum Gasteiger partial charge on any atom is 0.137 e. The van der Waals surface area contributed by atoms with Crippen LogP contribution in [0.25, 0.3) is 28.2 Å². The van der Waals surface area contributed by atoms with Crippen LogP contribution >= 0.6 is 0 Å². The first-order chi connectivity index (χ1) is 13.7. The molecule has 0 fully saturated rings. The summed E-state index contributed by atoms with van der Waals surface area (Å²) in [5.41, 5.74) is 7.72. The summed E-state index contributed by atoms with van der Waals surface area (Å²) in [5, 5.41) is 0. The molecule has 0 N–H and O–H groups in total. The van der Waals surface area contributed by atoms with Gasteiger partial charge >= 0.3 is 0 Å². The summed E-state index contributed by atoms with van der Waals surface area (Å²) in [4.78, 5) is 15.5. The van der Waals surface area contributed by atoms with Gasteiger partial charge in [-0.15, -0.1) is 0 Å². The molecule has 2 aromatic heterocycles. The fourth-order valence-corrected chi connectivity index (χ4v) is 3.50. The predicted molar refractivity (Wildman–Crippen MR) is 114 cm³/mol. The molecule has 4 rings (SSSR count). The predicted octanol–water partition coefficient (Wildman–Crippen LogP) is 5.56. The van der Waals surface area contributed by atoms with Crippen molar-refractivity contribution in [2.45, 2.75) is 20.3 Å². The van der Waals surface area contributed by atoms with Gasteiger partial charge in [-0.2, -0.15) is 0 Å². The summed E-state index contributed by atoms with van der Waals surface area (Å²) < 4.78 is 2.17. The number of carbonyl (C=O) groups is 1. The molecule has 0 aliphatic rings. The van der Waals surface area contributed by atoms with Crippen LogP contribution < -0.4 is 0 Å². The smallest absolute Gasteiger partial charge is 0.137 e. The zero-order valence-electron chi connectivity index (χ0n) is 16.1. The Kier molecular flexibility index (Phi) is 4.90. The number of benzene rings is 2. The van der Waals surface area contributed by atoms with Crippen LogP contribution in [0.15, 0.2) is 78.9 Å². The largest absolute Gasteiger partial charge is 0.303 e. The molecule has 2 aromatic carbocycles. The number of carbonyl (C=O) groups excluding carboxylic acids is 1. The van der Waals surface area contributed by atoms with E-state index in [2.05, 4.69) is 73.0 Å². The summed E-state index contributed by atoms with van der Waals surface area (Å²) in [6, 6.07) is 26.9. The zero-order valence-corrected chi connectivity index (χ0v) is 16.1. The van der Waals surface area contributed by atoms with Gasteiger partial charge in [0.1, 0.15) is 12.1 Å². The Morgan fingerprint density at radius 2 is 1.32 bits per heavy atom. The second kappa shape index (κ2) is 7.65. The number of aryl methyl sites for hydroxylation is 2. The van der Waals surface area contributed by atoms with Gasteiger partial charge < -0.3 is 9.36 Å². The summed E-state index contributed by atoms with van der Waals surface area (Å²) in [5.74, 6) is 0.937. The first-order valence-corrected chi connectivity index (χ1v) is 9.41. The third kappa shape index (κ3) is 3.52. The van der Waals surface area contributed by atoms with E-state index in [1.807, 2.05) is 24.3 Å². The van der Waals surface area contributed by atoms with Crippen molar-refractivity contribution < 1.29 is 4.79 Å². The summed E-state index contributed by atoms with van der Waals surface area (Å²) in [6.45, 7) is 4.19. The van der Waals surface area contributed by atoms with Crippen molar-refractivity contribution in [3.05, 3.63) is 95.8 Å². The molecule has 2 heterocycles. The molecule has 0 amide bonds. The standard InChI is InChI=1S/C25H22N2O/c1-18-6-7-19(2)27(18)25-5-3-4-24(26-25)23-14-12-22(13-15-23)21-10-8-20(9-11-21)16-17-28/h3-15,17H,16H2,1-2H3. The first kappa shape index (κ1) is 17.9. The fraction of sp³-hybridized carbons (Fsp3) is 0.120. The van der Waals surface area contributed by atoms with Gasteiger partial charge in [-0.1, -0.05) is 54.6 Å². The number of pyridine rings is 1. The molecular weight excluding hydrogens is 344 g/mol. The molecule has 4 aromatic rings. The minimum absolute atomic E-state index is 0.460. The molecule has 0 unspecified atom stereocenters. The lowest BCUT2D eigenvalue weighted by Gasteiger charge is -2.10. The molecule has 138 valence electrons. The molecule has 0 spiro atoms. The number of aldehydes is 1. The molecular formula is C25H22N2O. The zero-order chi connectivity index (χ0) is 19.5. The van der Waals surface area contributed by atoms with Gasteiger partial charge in [0, 0.05) is 23.4 Å². The lowest BCUT2D eigenvalue weighted by Crippen LogP contribution is -2.02. The average molecular weight is 366 g/mol. The molecule has 0 atom stereocenters. The van der Waals surface area contributed by atoms with Crippen molar-refractivity contribution in [2.24, 2.45) is 0 Å². The second-order valence-electron chi connectivity index (χ2n) is 6.98. The molecule has 0 aliphatic carbocycles. The Bertz CT molecular complexity index is 1090. The Labute approximate surface area is 165 Å². The Hall–Kier alpha value is -3.46. The van der Waals surface area contributed by atoms with E-state index in [4.69, 9.17) is 4.98 Å². The van der Waals surface area contributed by atoms with E-state index in [1.165, 1.54) is 11.4 Å². The number of nitrogens with zero attached hydrogens (tertiary/aromatic N) is 2. The molecule has 3 nitrogen and oxygen atoms in total. The molecule has 0 saturated carbocycles. The molecule has 0 aliphatic heterocycles. The van der Waals surface area contributed by atoms with Crippen LogP contribution in [0.1, 0.15) is 17.0 Å². The molecule has 0 radical (unpaired) electrons. The minimum atomic E-state index is 0.460. The van der Waals surface area contributed by atoms with E-state index in [0.29, 0.717) is 6.42 Å². The highest BCUT2D eigenvalue weighted by atomic mass is 16.1. The van der Waals surface area contributed by atoms with Crippen LogP contribution in [0.3, 0.4) is 0 Å². The number of rotatable bonds is 5. The van der Waals surface area contributed by atoms with Crippen LogP contribution in [0.2, 0.25) is 0 Å². The lowest BCUT2D eigenvalue weighted by atomic mass is 10.0. The van der Waals surface area contributed by atoms with E-state index in [0.717, 1.165) is 40.1 Å². The first-order valence-electron chi connectivity index (χ1n) is 9.41. The van der Waals surface area contributed by atoms with Gasteiger partial charge in [0.25, 0.3) is 0 Å². The number of hydrogen-bond acceptors (Lipinski definition) is 2. The molecule has 0 bridgehead atoms. The van der Waals surface area contributed by atoms with Crippen molar-refractivity contribution in [3.63, 3.8) is 0 Å². The van der Waals surface area contributed by atoms with Crippen molar-refractivity contribution >= 4 is 6.29 Å². The highest BCUT2D eigenvalue weighted by molar-refractivity contribution is 5.69. The molecule has 0 saturated heterocycles. The normalized spacial score (nSPS) is 10.8. The van der Waals surface area contributed by atoms with E-state index in [9.17, 15) is 4.79 Å². The van der Waals surface area contributed by atoms with Crippen LogP contribution in [0, 0.1) is 13.8 Å². The third-order valence-electron chi connectivity index (χ3n) is 5.02. The van der Waals surface area contributed by atoms with E-state index >= 15 is 0 Å². The second-order valence-corrected chi connectivity index (χ2v) is 6.98. The van der Waals surface area contributed by atoms with Crippen molar-refractivity contribution in [3.8, 4) is 28.2 Å². The van der Waals surface area contributed by atoms with Gasteiger partial charge in [0.05, 0.1) is 5.69 Å². The van der Waals surface area contributed by atoms with E-state index < -0.39 is 0 Å². The minimum Gasteiger partial charge on any atom is -0.303 e. The Morgan fingerprint density at radius 3 is 1.93 bits per heavy atom. The summed E-state index contributed by atoms with van der Waals surface area (Å²) in [7, 11) is 0. The molecule has 28 heavy (non-hydrogen) atoms. The van der Waals surface area contributed by atoms with Gasteiger partial charge in [-0.05, 0) is 54.8 Å². The van der Waals surface area contributed by atoms with Crippen molar-refractivity contribution in [1.29, 1.82) is 0 Å². The van der Waals surface area contributed by atoms with Gasteiger partial charge in [-0.3, -0.25) is 0 Å². The lowest BCUT2D eigenvalue weighted by molar-refractivity contribution is -0.107. The average Bonchev–Trinajstić information content (AvgIpc) is 3.07. The Morgan fingerprint density at radius 1 is 0.750 bits per heavy atom. The quantitative estimate of drug-likeness (QED) is 0.433. The van der Waals surface area contributed by atoms with Crippen molar-refractivity contribution in [2.75, 3.05) is 0 Å². The highest BCUT2D eigenvalue weighted by Gasteiger charge is 2.07. The molecule has 3 heteroatoms. The summed E-state index contributed by atoms with van der Waals surface area (Å²) >= 11 is 0. The van der Waals surface area contributed by atoms with Crippen LogP contribution in [0.5, 0.6) is 0 Å². The topological polar surface area (TPSA) is 34.9 Å². The SMILES string of the molecule is Cc1ccc(C)n1-c1cccc(-c2ccc(-c3ccc(CC=O)cc3)cc2)n1. The van der Waals surface area contributed by atoms with Gasteiger partial charge in [-0.25, -0.2) is 4.98 Å². The van der Waals surface area contributed by atoms with Crippen molar-refractivity contribution in [1.82, 2.24) is 9.55 Å². The van der Waals surface area contributed by atoms with Crippen LogP contribution in [0.4, 0.5) is 0 Å². The maximum atomic E-state index is 10.6. The van der Waals surface area contributed by atoms with Gasteiger partial charge in [0.15, 0.2) is 0 Å². The van der Waals surface area contributed by atoms with Crippen LogP contribution in [-0.4, -0.2) is 15.8 Å².